The number of benzene rings is 2. The Labute approximate surface area is 204 Å². The van der Waals surface area contributed by atoms with Gasteiger partial charge in [0.15, 0.2) is 0 Å². The third-order valence-electron chi connectivity index (χ3n) is 5.36. The van der Waals surface area contributed by atoms with E-state index in [4.69, 9.17) is 4.74 Å². The summed E-state index contributed by atoms with van der Waals surface area (Å²) in [4.78, 5) is 30.6. The number of amides is 2. The van der Waals surface area contributed by atoms with Gasteiger partial charge in [-0.1, -0.05) is 42.5 Å². The summed E-state index contributed by atoms with van der Waals surface area (Å²) in [5.41, 5.74) is 2.84. The van der Waals surface area contributed by atoms with Crippen molar-refractivity contribution in [1.29, 1.82) is 0 Å². The highest BCUT2D eigenvalue weighted by molar-refractivity contribution is 7.10. The predicted octanol–water partition coefficient (Wildman–Crippen LogP) is 4.91. The minimum Gasteiger partial charge on any atom is -0.383 e. The van der Waals surface area contributed by atoms with E-state index in [1.807, 2.05) is 48.7 Å². The lowest BCUT2D eigenvalue weighted by Gasteiger charge is -2.27. The van der Waals surface area contributed by atoms with Crippen LogP contribution < -0.4 is 0 Å². The van der Waals surface area contributed by atoms with Crippen LogP contribution in [0.1, 0.15) is 21.6 Å². The second-order valence-electron chi connectivity index (χ2n) is 7.90. The predicted molar refractivity (Wildman–Crippen MR) is 134 cm³/mol. The Hall–Kier alpha value is -3.29. The Balaban J connectivity index is 1.76. The molecule has 0 unspecified atom stereocenters. The zero-order chi connectivity index (χ0) is 24.3. The lowest BCUT2D eigenvalue weighted by atomic mass is 10.2. The number of hydrogen-bond donors (Lipinski definition) is 0. The molecule has 0 bridgehead atoms. The molecule has 2 aromatic carbocycles. The number of ether oxygens (including phenoxy) is 1. The molecule has 0 radical (unpaired) electrons. The molecule has 0 aliphatic carbocycles. The van der Waals surface area contributed by atoms with E-state index in [0.29, 0.717) is 26.2 Å². The van der Waals surface area contributed by atoms with Crippen molar-refractivity contribution >= 4 is 29.2 Å². The number of rotatable bonds is 11. The summed E-state index contributed by atoms with van der Waals surface area (Å²) in [6.45, 7) is 3.29. The Kier molecular flexibility index (Phi) is 9.55. The maximum Gasteiger partial charge on any atom is 0.247 e. The minimum atomic E-state index is -0.322. The maximum absolute atomic E-state index is 13.4. The number of aryl methyl sites for hydroxylation is 1. The number of hydrogen-bond acceptors (Lipinski definition) is 4. The molecule has 0 atom stereocenters. The van der Waals surface area contributed by atoms with E-state index in [-0.39, 0.29) is 24.2 Å². The normalized spacial score (nSPS) is 11.0. The minimum absolute atomic E-state index is 0.0764. The van der Waals surface area contributed by atoms with Gasteiger partial charge in [0.1, 0.15) is 12.4 Å². The number of methoxy groups -OCH3 is 1. The van der Waals surface area contributed by atoms with E-state index in [1.54, 1.807) is 41.6 Å². The molecule has 5 nitrogen and oxygen atoms in total. The third kappa shape index (κ3) is 7.64. The molecule has 0 aliphatic heterocycles. The molecule has 3 aromatic rings. The van der Waals surface area contributed by atoms with Gasteiger partial charge >= 0.3 is 0 Å². The first kappa shape index (κ1) is 25.3. The van der Waals surface area contributed by atoms with Crippen molar-refractivity contribution in [3.05, 3.63) is 99.5 Å². The molecule has 7 heteroatoms. The number of carbonyl (C=O) groups excluding carboxylic acids is 2. The Morgan fingerprint density at radius 3 is 2.38 bits per heavy atom. The summed E-state index contributed by atoms with van der Waals surface area (Å²) in [6.07, 6.45) is 3.21. The fourth-order valence-corrected chi connectivity index (χ4v) is 4.27. The SMILES string of the molecule is COCCN(CC(=O)N(Cc1ccc(F)cc1)Cc1sccc1C)C(=O)C=Cc1ccccc1. The van der Waals surface area contributed by atoms with Crippen LogP contribution in [0, 0.1) is 12.7 Å². The van der Waals surface area contributed by atoms with Crippen LogP contribution in [-0.2, 0) is 27.4 Å². The van der Waals surface area contributed by atoms with E-state index >= 15 is 0 Å². The van der Waals surface area contributed by atoms with Crippen molar-refractivity contribution < 1.29 is 18.7 Å². The lowest BCUT2D eigenvalue weighted by Crippen LogP contribution is -2.43. The van der Waals surface area contributed by atoms with Gasteiger partial charge in [-0.25, -0.2) is 4.39 Å². The van der Waals surface area contributed by atoms with Crippen molar-refractivity contribution in [2.45, 2.75) is 20.0 Å². The number of halogens is 1. The van der Waals surface area contributed by atoms with Crippen LogP contribution in [0.25, 0.3) is 6.08 Å². The van der Waals surface area contributed by atoms with E-state index in [1.165, 1.54) is 23.1 Å². The highest BCUT2D eigenvalue weighted by Gasteiger charge is 2.21. The smallest absolute Gasteiger partial charge is 0.247 e. The topological polar surface area (TPSA) is 49.9 Å². The molecule has 0 aliphatic rings. The summed E-state index contributed by atoms with van der Waals surface area (Å²) in [5, 5.41) is 1.99. The molecule has 1 heterocycles. The van der Waals surface area contributed by atoms with Crippen LogP contribution in [0.2, 0.25) is 0 Å². The third-order valence-corrected chi connectivity index (χ3v) is 6.37. The van der Waals surface area contributed by atoms with Crippen molar-refractivity contribution in [2.24, 2.45) is 0 Å². The molecule has 0 saturated heterocycles. The Bertz CT molecular complexity index is 1100. The van der Waals surface area contributed by atoms with E-state index < -0.39 is 0 Å². The second-order valence-corrected chi connectivity index (χ2v) is 8.90. The summed E-state index contributed by atoms with van der Waals surface area (Å²) < 4.78 is 18.5. The summed E-state index contributed by atoms with van der Waals surface area (Å²) in [7, 11) is 1.56. The number of nitrogens with zero attached hydrogens (tertiary/aromatic N) is 2. The standard InChI is InChI=1S/C27H29FN2O3S/c1-21-14-17-34-25(21)19-30(18-23-8-11-24(28)12-9-23)27(32)20-29(15-16-33-2)26(31)13-10-22-6-4-3-5-7-22/h3-14,17H,15-16,18-20H2,1-2H3. The van der Waals surface area contributed by atoms with Crippen LogP contribution >= 0.6 is 11.3 Å². The van der Waals surface area contributed by atoms with Crippen LogP contribution in [0.15, 0.2) is 72.1 Å². The van der Waals surface area contributed by atoms with Gasteiger partial charge in [0.05, 0.1) is 13.2 Å². The van der Waals surface area contributed by atoms with E-state index in [9.17, 15) is 14.0 Å². The van der Waals surface area contributed by atoms with Gasteiger partial charge in [0.2, 0.25) is 11.8 Å². The van der Waals surface area contributed by atoms with Gasteiger partial charge in [0.25, 0.3) is 0 Å². The fraction of sp³-hybridized carbons (Fsp3) is 0.259. The summed E-state index contributed by atoms with van der Waals surface area (Å²) >= 11 is 1.59. The average molecular weight is 481 g/mol. The molecule has 1 aromatic heterocycles. The van der Waals surface area contributed by atoms with Gasteiger partial charge in [-0.15, -0.1) is 11.3 Å². The van der Waals surface area contributed by atoms with Crippen LogP contribution in [-0.4, -0.2) is 48.4 Å². The van der Waals surface area contributed by atoms with Crippen LogP contribution in [0.3, 0.4) is 0 Å². The number of carbonyl (C=O) groups is 2. The van der Waals surface area contributed by atoms with E-state index in [2.05, 4.69) is 0 Å². The largest absolute Gasteiger partial charge is 0.383 e. The Morgan fingerprint density at radius 2 is 1.74 bits per heavy atom. The molecular formula is C27H29FN2O3S. The summed E-state index contributed by atoms with van der Waals surface area (Å²) in [5.74, 6) is -0.768. The molecule has 0 saturated carbocycles. The first-order chi connectivity index (χ1) is 16.5. The molecular weight excluding hydrogens is 451 g/mol. The highest BCUT2D eigenvalue weighted by atomic mass is 32.1. The summed E-state index contributed by atoms with van der Waals surface area (Å²) in [6, 6.07) is 17.7. The van der Waals surface area contributed by atoms with Gasteiger partial charge in [-0.05, 0) is 53.3 Å². The zero-order valence-electron chi connectivity index (χ0n) is 19.4. The first-order valence-electron chi connectivity index (χ1n) is 11.0. The van der Waals surface area contributed by atoms with Crippen molar-refractivity contribution in [3.63, 3.8) is 0 Å². The Morgan fingerprint density at radius 1 is 1.00 bits per heavy atom. The van der Waals surface area contributed by atoms with Gasteiger partial charge < -0.3 is 14.5 Å². The molecule has 2 amide bonds. The fourth-order valence-electron chi connectivity index (χ4n) is 3.35. The van der Waals surface area contributed by atoms with Crippen molar-refractivity contribution in [3.8, 4) is 0 Å². The monoisotopic (exact) mass is 480 g/mol. The maximum atomic E-state index is 13.4. The molecule has 34 heavy (non-hydrogen) atoms. The van der Waals surface area contributed by atoms with Crippen LogP contribution in [0.5, 0.6) is 0 Å². The van der Waals surface area contributed by atoms with Gasteiger partial charge in [-0.3, -0.25) is 9.59 Å². The van der Waals surface area contributed by atoms with Gasteiger partial charge in [-0.2, -0.15) is 0 Å². The second kappa shape index (κ2) is 12.8. The van der Waals surface area contributed by atoms with Crippen molar-refractivity contribution in [1.82, 2.24) is 9.80 Å². The molecule has 178 valence electrons. The van der Waals surface area contributed by atoms with E-state index in [0.717, 1.165) is 21.6 Å². The van der Waals surface area contributed by atoms with Crippen molar-refractivity contribution in [2.75, 3.05) is 26.8 Å². The molecule has 0 fully saturated rings. The zero-order valence-corrected chi connectivity index (χ0v) is 20.3. The highest BCUT2D eigenvalue weighted by Crippen LogP contribution is 2.20. The van der Waals surface area contributed by atoms with Gasteiger partial charge in [0, 0.05) is 31.2 Å². The number of thiophene rings is 1. The lowest BCUT2D eigenvalue weighted by molar-refractivity contribution is -0.139. The molecule has 0 spiro atoms. The molecule has 3 rings (SSSR count). The molecule has 0 N–H and O–H groups in total. The quantitative estimate of drug-likeness (QED) is 0.366. The van der Waals surface area contributed by atoms with Crippen LogP contribution in [0.4, 0.5) is 4.39 Å². The average Bonchev–Trinajstić information content (AvgIpc) is 3.25. The first-order valence-corrected chi connectivity index (χ1v) is 11.9.